The fraction of sp³-hybridized carbons (Fsp3) is 0.867. The van der Waals surface area contributed by atoms with Crippen LogP contribution in [0, 0.1) is 5.92 Å². The molecular weight excluding hydrogens is 256 g/mol. The van der Waals surface area contributed by atoms with Gasteiger partial charge in [0.25, 0.3) is 0 Å². The van der Waals surface area contributed by atoms with E-state index in [0.29, 0.717) is 6.54 Å². The number of carbonyl (C=O) groups excluding carboxylic acids is 1. The number of aliphatic carboxylic acids is 1. The summed E-state index contributed by atoms with van der Waals surface area (Å²) >= 11 is 0. The van der Waals surface area contributed by atoms with Gasteiger partial charge in [-0.1, -0.05) is 32.6 Å². The van der Waals surface area contributed by atoms with Crippen LogP contribution in [0.1, 0.15) is 51.9 Å². The van der Waals surface area contributed by atoms with Gasteiger partial charge in [0, 0.05) is 6.04 Å². The van der Waals surface area contributed by atoms with Crippen LogP contribution in [0.5, 0.6) is 0 Å². The molecule has 20 heavy (non-hydrogen) atoms. The smallest absolute Gasteiger partial charge is 0.321 e. The molecule has 0 aromatic heterocycles. The monoisotopic (exact) mass is 282 g/mol. The highest BCUT2D eigenvalue weighted by molar-refractivity contribution is 5.80. The standard InChI is InChI=1S/C15H26N2O3/c1-11-8-9-17(14(11)15(19)20)10-13(18)16-12-6-4-2-3-5-7-12/h11-12,14H,2-10H2,1H3,(H,16,18)(H,19,20). The van der Waals surface area contributed by atoms with Crippen molar-refractivity contribution in [2.75, 3.05) is 13.1 Å². The molecule has 0 aromatic carbocycles. The minimum Gasteiger partial charge on any atom is -0.480 e. The zero-order valence-electron chi connectivity index (χ0n) is 12.3. The summed E-state index contributed by atoms with van der Waals surface area (Å²) < 4.78 is 0. The van der Waals surface area contributed by atoms with Gasteiger partial charge in [-0.25, -0.2) is 0 Å². The summed E-state index contributed by atoms with van der Waals surface area (Å²) in [6.07, 6.45) is 7.86. The molecule has 2 unspecified atom stereocenters. The molecule has 1 saturated heterocycles. The molecule has 1 saturated carbocycles. The molecule has 114 valence electrons. The van der Waals surface area contributed by atoms with Crippen molar-refractivity contribution in [1.82, 2.24) is 10.2 Å². The zero-order chi connectivity index (χ0) is 14.5. The van der Waals surface area contributed by atoms with E-state index in [4.69, 9.17) is 0 Å². The maximum Gasteiger partial charge on any atom is 0.321 e. The fourth-order valence-electron chi connectivity index (χ4n) is 3.48. The number of nitrogens with one attached hydrogen (secondary N) is 1. The van der Waals surface area contributed by atoms with Crippen molar-refractivity contribution in [3.05, 3.63) is 0 Å². The van der Waals surface area contributed by atoms with Crippen LogP contribution in [0.15, 0.2) is 0 Å². The summed E-state index contributed by atoms with van der Waals surface area (Å²) in [5.74, 6) is -0.701. The maximum absolute atomic E-state index is 12.1. The van der Waals surface area contributed by atoms with Crippen LogP contribution in [0.2, 0.25) is 0 Å². The number of amides is 1. The van der Waals surface area contributed by atoms with Crippen LogP contribution < -0.4 is 5.32 Å². The average molecular weight is 282 g/mol. The van der Waals surface area contributed by atoms with E-state index in [1.54, 1.807) is 4.90 Å². The van der Waals surface area contributed by atoms with Crippen molar-refractivity contribution >= 4 is 11.9 Å². The topological polar surface area (TPSA) is 69.6 Å². The van der Waals surface area contributed by atoms with Gasteiger partial charge in [0.1, 0.15) is 6.04 Å². The number of nitrogens with zero attached hydrogens (tertiary/aromatic N) is 1. The van der Waals surface area contributed by atoms with Gasteiger partial charge in [0.05, 0.1) is 6.54 Å². The van der Waals surface area contributed by atoms with Gasteiger partial charge in [0.15, 0.2) is 0 Å². The van der Waals surface area contributed by atoms with Gasteiger partial charge in [-0.15, -0.1) is 0 Å². The van der Waals surface area contributed by atoms with Crippen molar-refractivity contribution in [2.24, 2.45) is 5.92 Å². The lowest BCUT2D eigenvalue weighted by molar-refractivity contribution is -0.143. The van der Waals surface area contributed by atoms with E-state index in [0.717, 1.165) is 19.3 Å². The van der Waals surface area contributed by atoms with Crippen molar-refractivity contribution in [2.45, 2.75) is 64.0 Å². The molecule has 2 aliphatic rings. The molecule has 5 heteroatoms. The summed E-state index contributed by atoms with van der Waals surface area (Å²) in [6, 6.07) is -0.219. The molecular formula is C15H26N2O3. The molecule has 0 bridgehead atoms. The number of carbonyl (C=O) groups is 2. The Kier molecular flexibility index (Phi) is 5.40. The Morgan fingerprint density at radius 2 is 1.80 bits per heavy atom. The first-order valence-electron chi connectivity index (χ1n) is 7.84. The van der Waals surface area contributed by atoms with Crippen molar-refractivity contribution in [1.29, 1.82) is 0 Å². The van der Waals surface area contributed by atoms with E-state index < -0.39 is 12.0 Å². The normalized spacial score (nSPS) is 29.1. The van der Waals surface area contributed by atoms with Crippen LogP contribution in [-0.2, 0) is 9.59 Å². The van der Waals surface area contributed by atoms with Gasteiger partial charge in [-0.05, 0) is 31.7 Å². The maximum atomic E-state index is 12.1. The molecule has 2 atom stereocenters. The Labute approximate surface area is 120 Å². The number of hydrogen-bond donors (Lipinski definition) is 2. The second-order valence-electron chi connectivity index (χ2n) is 6.28. The molecule has 1 amide bonds. The third-order valence-corrected chi connectivity index (χ3v) is 4.62. The average Bonchev–Trinajstić information content (AvgIpc) is 2.60. The number of carboxylic acid groups (broad SMARTS) is 1. The van der Waals surface area contributed by atoms with Gasteiger partial charge in [0.2, 0.25) is 5.91 Å². The summed E-state index contributed by atoms with van der Waals surface area (Å²) in [4.78, 5) is 25.2. The number of hydrogen-bond acceptors (Lipinski definition) is 3. The molecule has 2 rings (SSSR count). The lowest BCUT2D eigenvalue weighted by Crippen LogP contribution is -2.46. The summed E-state index contributed by atoms with van der Waals surface area (Å²) in [5.41, 5.74) is 0. The third-order valence-electron chi connectivity index (χ3n) is 4.62. The lowest BCUT2D eigenvalue weighted by atomic mass is 10.0. The lowest BCUT2D eigenvalue weighted by Gasteiger charge is -2.24. The molecule has 0 spiro atoms. The Bertz CT molecular complexity index is 351. The van der Waals surface area contributed by atoms with Crippen LogP contribution in [0.3, 0.4) is 0 Å². The zero-order valence-corrected chi connectivity index (χ0v) is 12.3. The van der Waals surface area contributed by atoms with Gasteiger partial charge in [-0.2, -0.15) is 0 Å². The minimum absolute atomic E-state index is 0.0164. The highest BCUT2D eigenvalue weighted by Gasteiger charge is 2.37. The number of rotatable bonds is 4. The molecule has 1 heterocycles. The highest BCUT2D eigenvalue weighted by atomic mass is 16.4. The first-order chi connectivity index (χ1) is 9.58. The number of carboxylic acids is 1. The van der Waals surface area contributed by atoms with E-state index in [2.05, 4.69) is 5.32 Å². The van der Waals surface area contributed by atoms with Crippen LogP contribution in [-0.4, -0.2) is 47.1 Å². The van der Waals surface area contributed by atoms with E-state index in [9.17, 15) is 14.7 Å². The van der Waals surface area contributed by atoms with E-state index >= 15 is 0 Å². The summed E-state index contributed by atoms with van der Waals surface area (Å²) in [7, 11) is 0. The highest BCUT2D eigenvalue weighted by Crippen LogP contribution is 2.24. The predicted octanol–water partition coefficient (Wildman–Crippen LogP) is 1.62. The van der Waals surface area contributed by atoms with Gasteiger partial charge in [-0.3, -0.25) is 14.5 Å². The quantitative estimate of drug-likeness (QED) is 0.769. The minimum atomic E-state index is -0.808. The molecule has 2 N–H and O–H groups in total. The Balaban J connectivity index is 1.82. The second kappa shape index (κ2) is 7.07. The van der Waals surface area contributed by atoms with E-state index in [1.807, 2.05) is 6.92 Å². The second-order valence-corrected chi connectivity index (χ2v) is 6.28. The molecule has 2 fully saturated rings. The third kappa shape index (κ3) is 3.95. The number of likely N-dealkylation sites (tertiary alicyclic amines) is 1. The van der Waals surface area contributed by atoms with Crippen LogP contribution in [0.4, 0.5) is 0 Å². The molecule has 1 aliphatic carbocycles. The van der Waals surface area contributed by atoms with Crippen LogP contribution in [0.25, 0.3) is 0 Å². The summed E-state index contributed by atoms with van der Waals surface area (Å²) in [5, 5.41) is 12.3. The molecule has 0 aromatic rings. The Morgan fingerprint density at radius 1 is 1.15 bits per heavy atom. The van der Waals surface area contributed by atoms with E-state index in [-0.39, 0.29) is 24.4 Å². The van der Waals surface area contributed by atoms with E-state index in [1.165, 1.54) is 25.7 Å². The first-order valence-corrected chi connectivity index (χ1v) is 7.84. The van der Waals surface area contributed by atoms with Crippen molar-refractivity contribution in [3.8, 4) is 0 Å². The van der Waals surface area contributed by atoms with Gasteiger partial charge >= 0.3 is 5.97 Å². The predicted molar refractivity (Wildman–Crippen MR) is 76.4 cm³/mol. The molecule has 1 aliphatic heterocycles. The first kappa shape index (κ1) is 15.3. The Morgan fingerprint density at radius 3 is 2.40 bits per heavy atom. The van der Waals surface area contributed by atoms with Crippen molar-refractivity contribution in [3.63, 3.8) is 0 Å². The van der Waals surface area contributed by atoms with Crippen molar-refractivity contribution < 1.29 is 14.7 Å². The van der Waals surface area contributed by atoms with Gasteiger partial charge < -0.3 is 10.4 Å². The Hall–Kier alpha value is -1.10. The molecule has 0 radical (unpaired) electrons. The summed E-state index contributed by atoms with van der Waals surface area (Å²) in [6.45, 7) is 2.87. The SMILES string of the molecule is CC1CCN(CC(=O)NC2CCCCCC2)C1C(=O)O. The largest absolute Gasteiger partial charge is 0.480 e. The van der Waals surface area contributed by atoms with Crippen LogP contribution >= 0.6 is 0 Å². The molecule has 5 nitrogen and oxygen atoms in total. The fourth-order valence-corrected chi connectivity index (χ4v) is 3.48.